The minimum atomic E-state index is -0.664. The van der Waals surface area contributed by atoms with Crippen LogP contribution in [0.15, 0.2) is 47.3 Å². The Morgan fingerprint density at radius 1 is 1.11 bits per heavy atom. The molecule has 0 aliphatic carbocycles. The fourth-order valence-electron chi connectivity index (χ4n) is 2.65. The van der Waals surface area contributed by atoms with Crippen LogP contribution in [0.5, 0.6) is 5.75 Å². The number of anilines is 1. The highest BCUT2D eigenvalue weighted by atomic mass is 35.5. The Kier molecular flexibility index (Phi) is 5.30. The zero-order valence-electron chi connectivity index (χ0n) is 14.3. The SMILES string of the molecule is N#Cc1c(N)[nH]c(=O)c(C#N)c1-c1ccc(OCc2ccc(F)c(Cl)c2)cc1. The number of nitrogens with zero attached hydrogens (tertiary/aromatic N) is 2. The fraction of sp³-hybridized carbons (Fsp3) is 0.0500. The topological polar surface area (TPSA) is 116 Å². The Hall–Kier alpha value is -3.81. The number of pyridine rings is 1. The molecule has 8 heteroatoms. The molecule has 3 rings (SSSR count). The van der Waals surface area contributed by atoms with Crippen molar-refractivity contribution in [2.75, 3.05) is 5.73 Å². The highest BCUT2D eigenvalue weighted by Gasteiger charge is 2.18. The first-order valence-electron chi connectivity index (χ1n) is 7.97. The standard InChI is InChI=1S/C20H12ClFN4O2/c21-16-7-11(1-6-17(16)22)10-28-13-4-2-12(3-5-13)18-14(8-23)19(25)26-20(27)15(18)9-24/h1-7H,10H2,(H3,25,26,27). The van der Waals surface area contributed by atoms with Gasteiger partial charge < -0.3 is 15.5 Å². The lowest BCUT2D eigenvalue weighted by atomic mass is 9.96. The van der Waals surface area contributed by atoms with Crippen LogP contribution in [0, 0.1) is 28.5 Å². The number of nitrogens with two attached hydrogens (primary N) is 1. The number of rotatable bonds is 4. The molecule has 0 bridgehead atoms. The van der Waals surface area contributed by atoms with E-state index < -0.39 is 11.4 Å². The predicted octanol–water partition coefficient (Wildman–Crippen LogP) is 3.74. The summed E-state index contributed by atoms with van der Waals surface area (Å²) in [7, 11) is 0. The molecule has 0 unspecified atom stereocenters. The van der Waals surface area contributed by atoms with Crippen molar-refractivity contribution in [3.8, 4) is 29.0 Å². The Balaban J connectivity index is 1.89. The van der Waals surface area contributed by atoms with Crippen LogP contribution in [0.2, 0.25) is 5.02 Å². The number of nitrogens with one attached hydrogen (secondary N) is 1. The molecule has 3 aromatic rings. The molecule has 1 aromatic heterocycles. The summed E-state index contributed by atoms with van der Waals surface area (Å²) in [6.07, 6.45) is 0. The van der Waals surface area contributed by atoms with E-state index in [1.807, 2.05) is 12.1 Å². The van der Waals surface area contributed by atoms with Crippen LogP contribution < -0.4 is 16.0 Å². The van der Waals surface area contributed by atoms with Gasteiger partial charge in [0.2, 0.25) is 0 Å². The summed E-state index contributed by atoms with van der Waals surface area (Å²) in [5.41, 5.74) is 6.21. The third kappa shape index (κ3) is 3.66. The predicted molar refractivity (Wildman–Crippen MR) is 102 cm³/mol. The second kappa shape index (κ2) is 7.83. The van der Waals surface area contributed by atoms with Gasteiger partial charge in [-0.15, -0.1) is 0 Å². The lowest BCUT2D eigenvalue weighted by Gasteiger charge is -2.10. The number of aromatic nitrogens is 1. The second-order valence-electron chi connectivity index (χ2n) is 5.78. The van der Waals surface area contributed by atoms with Crippen LogP contribution in [0.4, 0.5) is 10.2 Å². The van der Waals surface area contributed by atoms with Crippen LogP contribution in [0.1, 0.15) is 16.7 Å². The first kappa shape index (κ1) is 19.0. The van der Waals surface area contributed by atoms with Gasteiger partial charge in [0, 0.05) is 5.56 Å². The fourth-order valence-corrected chi connectivity index (χ4v) is 2.85. The van der Waals surface area contributed by atoms with E-state index in [9.17, 15) is 19.7 Å². The summed E-state index contributed by atoms with van der Waals surface area (Å²) in [5, 5.41) is 18.7. The normalized spacial score (nSPS) is 10.1. The van der Waals surface area contributed by atoms with Gasteiger partial charge in [0.25, 0.3) is 5.56 Å². The molecule has 0 saturated carbocycles. The van der Waals surface area contributed by atoms with Crippen LogP contribution in [-0.2, 0) is 6.61 Å². The van der Waals surface area contributed by atoms with E-state index in [-0.39, 0.29) is 34.1 Å². The van der Waals surface area contributed by atoms with Gasteiger partial charge in [0.15, 0.2) is 0 Å². The van der Waals surface area contributed by atoms with Crippen LogP contribution in [0.25, 0.3) is 11.1 Å². The molecule has 0 amide bonds. The Labute approximate surface area is 164 Å². The molecule has 0 aliphatic rings. The van der Waals surface area contributed by atoms with E-state index >= 15 is 0 Å². The molecule has 28 heavy (non-hydrogen) atoms. The Morgan fingerprint density at radius 2 is 1.79 bits per heavy atom. The number of ether oxygens (including phenoxy) is 1. The average Bonchev–Trinajstić information content (AvgIpc) is 2.69. The first-order chi connectivity index (χ1) is 13.4. The van der Waals surface area contributed by atoms with Gasteiger partial charge in [-0.2, -0.15) is 10.5 Å². The molecule has 138 valence electrons. The van der Waals surface area contributed by atoms with Gasteiger partial charge >= 0.3 is 0 Å². The van der Waals surface area contributed by atoms with Crippen molar-refractivity contribution >= 4 is 17.4 Å². The molecule has 3 N–H and O–H groups in total. The smallest absolute Gasteiger partial charge is 0.268 e. The molecule has 6 nitrogen and oxygen atoms in total. The van der Waals surface area contributed by atoms with Crippen LogP contribution in [0.3, 0.4) is 0 Å². The molecule has 0 atom stereocenters. The van der Waals surface area contributed by atoms with Crippen molar-refractivity contribution in [3.05, 3.63) is 80.3 Å². The van der Waals surface area contributed by atoms with E-state index in [2.05, 4.69) is 4.98 Å². The Morgan fingerprint density at radius 3 is 2.39 bits per heavy atom. The second-order valence-corrected chi connectivity index (χ2v) is 6.19. The van der Waals surface area contributed by atoms with Gasteiger partial charge in [-0.3, -0.25) is 4.79 Å². The van der Waals surface area contributed by atoms with E-state index in [1.54, 1.807) is 30.3 Å². The van der Waals surface area contributed by atoms with Crippen molar-refractivity contribution in [2.45, 2.75) is 6.61 Å². The summed E-state index contributed by atoms with van der Waals surface area (Å²) >= 11 is 5.75. The van der Waals surface area contributed by atoms with Gasteiger partial charge in [-0.1, -0.05) is 29.8 Å². The summed E-state index contributed by atoms with van der Waals surface area (Å²) in [5.74, 6) is -0.109. The third-order valence-corrected chi connectivity index (χ3v) is 4.29. The van der Waals surface area contributed by atoms with Crippen molar-refractivity contribution in [2.24, 2.45) is 0 Å². The zero-order chi connectivity index (χ0) is 20.3. The summed E-state index contributed by atoms with van der Waals surface area (Å²) < 4.78 is 18.8. The van der Waals surface area contributed by atoms with Crippen molar-refractivity contribution in [3.63, 3.8) is 0 Å². The summed E-state index contributed by atoms with van der Waals surface area (Å²) in [6.45, 7) is 0.171. The molecular formula is C20H12ClFN4O2. The molecule has 0 aliphatic heterocycles. The minimum absolute atomic E-state index is 0.0106. The molecular weight excluding hydrogens is 383 g/mol. The van der Waals surface area contributed by atoms with Gasteiger partial charge in [0.1, 0.15) is 47.3 Å². The number of hydrogen-bond acceptors (Lipinski definition) is 5. The summed E-state index contributed by atoms with van der Waals surface area (Å²) in [6, 6.07) is 14.5. The van der Waals surface area contributed by atoms with Crippen molar-refractivity contribution in [1.29, 1.82) is 10.5 Å². The van der Waals surface area contributed by atoms with Gasteiger partial charge in [0.05, 0.1) is 5.02 Å². The monoisotopic (exact) mass is 394 g/mol. The van der Waals surface area contributed by atoms with Gasteiger partial charge in [-0.05, 0) is 35.4 Å². The van der Waals surface area contributed by atoms with Crippen LogP contribution in [-0.4, -0.2) is 4.98 Å². The quantitative estimate of drug-likeness (QED) is 0.699. The number of nitrogen functional groups attached to an aromatic ring is 1. The maximum Gasteiger partial charge on any atom is 0.268 e. The molecule has 0 fully saturated rings. The highest BCUT2D eigenvalue weighted by molar-refractivity contribution is 6.30. The lowest BCUT2D eigenvalue weighted by molar-refractivity contribution is 0.306. The Bertz CT molecular complexity index is 1190. The third-order valence-electron chi connectivity index (χ3n) is 4.00. The molecule has 0 radical (unpaired) electrons. The molecule has 1 heterocycles. The van der Waals surface area contributed by atoms with E-state index in [0.29, 0.717) is 16.9 Å². The number of hydrogen-bond donors (Lipinski definition) is 2. The molecule has 0 spiro atoms. The zero-order valence-corrected chi connectivity index (χ0v) is 15.0. The van der Waals surface area contributed by atoms with E-state index in [0.717, 1.165) is 0 Å². The van der Waals surface area contributed by atoms with Crippen molar-refractivity contribution < 1.29 is 9.13 Å². The highest BCUT2D eigenvalue weighted by Crippen LogP contribution is 2.29. The van der Waals surface area contributed by atoms with Crippen molar-refractivity contribution in [1.82, 2.24) is 4.98 Å². The number of benzene rings is 2. The molecule has 2 aromatic carbocycles. The number of aromatic amines is 1. The number of H-pyrrole nitrogens is 1. The molecule has 0 saturated heterocycles. The van der Waals surface area contributed by atoms with E-state index in [1.165, 1.54) is 12.1 Å². The number of halogens is 2. The first-order valence-corrected chi connectivity index (χ1v) is 8.35. The number of nitriles is 2. The maximum atomic E-state index is 13.2. The van der Waals surface area contributed by atoms with Gasteiger partial charge in [-0.25, -0.2) is 4.39 Å². The average molecular weight is 395 g/mol. The maximum absolute atomic E-state index is 13.2. The lowest BCUT2D eigenvalue weighted by Crippen LogP contribution is -2.16. The minimum Gasteiger partial charge on any atom is -0.489 e. The van der Waals surface area contributed by atoms with Crippen LogP contribution >= 0.6 is 11.6 Å². The largest absolute Gasteiger partial charge is 0.489 e. The summed E-state index contributed by atoms with van der Waals surface area (Å²) in [4.78, 5) is 14.3. The van der Waals surface area contributed by atoms with E-state index in [4.69, 9.17) is 22.1 Å².